The average Bonchev–Trinajstić information content (AvgIpc) is 1.62. The molecule has 0 bridgehead atoms. The number of rotatable bonds is 18. The van der Waals surface area contributed by atoms with E-state index in [1.165, 1.54) is 64.6 Å². The third-order valence-electron chi connectivity index (χ3n) is 24.3. The van der Waals surface area contributed by atoms with Crippen molar-refractivity contribution in [2.75, 3.05) is 34.5 Å². The molecule has 0 saturated carbocycles. The van der Waals surface area contributed by atoms with E-state index < -0.39 is 40.7 Å². The Bertz CT molecular complexity index is 4100. The van der Waals surface area contributed by atoms with Crippen LogP contribution in [0.3, 0.4) is 0 Å². The van der Waals surface area contributed by atoms with Crippen molar-refractivity contribution in [2.45, 2.75) is 334 Å². The maximum absolute atomic E-state index is 13.0. The molecule has 1 aromatic carbocycles. The van der Waals surface area contributed by atoms with Crippen molar-refractivity contribution in [3.63, 3.8) is 0 Å². The summed E-state index contributed by atoms with van der Waals surface area (Å²) in [5.41, 5.74) is 2.97. The standard InChI is InChI=1S/C14H27BO2.C13H25BO2.C12H17BClNO2.2C11H15BBrNO2.C11H13BF2O2.C11H16BNO2.C3H9B3O6.CH4/c1-7-9-11-12(10-8-2)15-16-13(3,4)14(5,6)17-15;1-6-7-8-9-10-11-14-15-12(2,3)13(4,5)16-14;1-8-6-9(7-15-10(8)14)13-16-11(2,3)12(4,5)17-13;1-10(2)11(3,4)16-12(15-10)8-5-9(13)7-14-6-8;1-10(2)11(3,4)16-12(15-10)8-6-5-7-14-9(8)13;1-11(2)6-15-12(16-7-11)8-3-9(13)5-10(14)4-8;1-10(2)11(3,4)15-12(14-10)9-6-5-7-13-8-9;1-7-4-10-5(8-2)12-6(9-3)11-4;/h11H,7-10H2,1-6H3;10-11H,6-9H2,1-5H3;6-7H,1-5H3;2*5-7H,1-4H3;3-5H,6-7H2,1-2H3;5-8H,1-4H3;1-3H3;1H4/b12-11+;11-10+;;;;;;;. The number of aromatic nitrogens is 4. The van der Waals surface area contributed by atoms with Crippen LogP contribution in [0.4, 0.5) is 8.78 Å². The molecule has 0 amide bonds. The summed E-state index contributed by atoms with van der Waals surface area (Å²) in [5, 5.41) is 0.519. The molecule has 8 saturated heterocycles. The van der Waals surface area contributed by atoms with Crippen LogP contribution in [0.5, 0.6) is 0 Å². The summed E-state index contributed by atoms with van der Waals surface area (Å²) in [5.74, 6) is 0.811. The number of nitrogens with zero attached hydrogens (tertiary/aromatic N) is 4. The minimum atomic E-state index is -0.825. The molecule has 8 fully saturated rings. The van der Waals surface area contributed by atoms with Gasteiger partial charge >= 0.3 is 71.8 Å². The zero-order valence-corrected chi connectivity index (χ0v) is 84.5. The molecule has 8 aliphatic rings. The number of halogens is 5. The number of allylic oxidation sites excluding steroid dienone is 3. The van der Waals surface area contributed by atoms with Crippen molar-refractivity contribution in [1.29, 1.82) is 0 Å². The average molecular weight is 1900 g/mol. The number of aryl methyl sites for hydroxylation is 1. The largest absolute Gasteiger partial charge is 0.615 e. The number of benzene rings is 1. The number of unbranched alkanes of at least 4 members (excludes halogenated alkanes) is 4. The molecule has 694 valence electrons. The molecule has 126 heavy (non-hydrogen) atoms. The highest BCUT2D eigenvalue weighted by Gasteiger charge is 2.57. The van der Waals surface area contributed by atoms with Crippen LogP contribution in [0.1, 0.15) is 265 Å². The molecule has 13 rings (SSSR count). The van der Waals surface area contributed by atoms with Gasteiger partial charge in [0.25, 0.3) is 0 Å². The summed E-state index contributed by atoms with van der Waals surface area (Å²) >= 11 is 12.7. The van der Waals surface area contributed by atoms with Gasteiger partial charge in [0.15, 0.2) is 0 Å². The van der Waals surface area contributed by atoms with E-state index in [4.69, 9.17) is 104 Å². The van der Waals surface area contributed by atoms with Crippen LogP contribution < -0.4 is 27.3 Å². The second-order valence-electron chi connectivity index (χ2n) is 38.6. The van der Waals surface area contributed by atoms with Gasteiger partial charge in [-0.1, -0.05) is 116 Å². The lowest BCUT2D eigenvalue weighted by Gasteiger charge is -2.33. The quantitative estimate of drug-likeness (QED) is 0.0450. The van der Waals surface area contributed by atoms with Crippen LogP contribution in [0, 0.1) is 24.0 Å². The van der Waals surface area contributed by atoms with Gasteiger partial charge in [-0.3, -0.25) is 9.97 Å². The smallest absolute Gasteiger partial charge is 0.407 e. The summed E-state index contributed by atoms with van der Waals surface area (Å²) in [6, 6.07) is 14.9. The van der Waals surface area contributed by atoms with Gasteiger partial charge in [0.2, 0.25) is 0 Å². The second-order valence-corrected chi connectivity index (χ2v) is 40.6. The summed E-state index contributed by atoms with van der Waals surface area (Å²) in [4.78, 5) is 16.5. The lowest BCUT2D eigenvalue weighted by Crippen LogP contribution is -2.51. The summed E-state index contributed by atoms with van der Waals surface area (Å²) in [7, 11) is -0.511. The maximum atomic E-state index is 13.0. The first-order chi connectivity index (χ1) is 57.8. The fourth-order valence-corrected chi connectivity index (χ4v) is 13.1. The first-order valence-electron chi connectivity index (χ1n) is 43.3. The molecule has 0 aliphatic carbocycles. The fraction of sp³-hybridized carbons (Fsp3) is 0.655. The SMILES string of the molecule is C.CC1(C)COB(c2cc(F)cc(F)c2)OC1.CC1(C)OB(c2cccnc2)OC1(C)C.CC1(C)OB(c2cccnc2Br)OC1(C)C.CC1(C)OB(c2cncc(Br)c2)OC1(C)C.CCC/C=C(\CCC)B1OC(C)(C)C(C)(C)O1.CCCCC/C=C/B1OC(C)(C)C(C)(C)O1.COB1OB(OC)OB(OC)O1.Cc1cc(B2OC(C)(C)C(C)(C)O2)cnc1Cl. The van der Waals surface area contributed by atoms with Gasteiger partial charge < -0.3 is 92.8 Å². The Kier molecular flexibility index (Phi) is 42.5. The van der Waals surface area contributed by atoms with Crippen molar-refractivity contribution < 1.29 is 102 Å². The topological polar surface area (TPSA) is 236 Å². The predicted molar refractivity (Wildman–Crippen MR) is 514 cm³/mol. The molecule has 0 unspecified atom stereocenters. The van der Waals surface area contributed by atoms with Crippen molar-refractivity contribution in [2.24, 2.45) is 5.41 Å². The Balaban J connectivity index is 0.000000256. The summed E-state index contributed by atoms with van der Waals surface area (Å²) < 4.78 is 139. The fourth-order valence-electron chi connectivity index (χ4n) is 12.2. The molecule has 24 nitrogen and oxygen atoms in total. The van der Waals surface area contributed by atoms with Gasteiger partial charge in [-0.15, -0.1) is 0 Å². The molecule has 5 aromatic rings. The van der Waals surface area contributed by atoms with Crippen molar-refractivity contribution in [1.82, 2.24) is 19.9 Å². The molecule has 8 aliphatic heterocycles. The molecule has 0 spiro atoms. The number of hydrogen-bond donors (Lipinski definition) is 0. The molecule has 0 atom stereocenters. The Morgan fingerprint density at radius 1 is 0.444 bits per heavy atom. The molecule has 39 heteroatoms. The molecule has 12 heterocycles. The highest BCUT2D eigenvalue weighted by atomic mass is 79.9. The maximum Gasteiger partial charge on any atom is 0.615 e. The van der Waals surface area contributed by atoms with Crippen LogP contribution in [0.2, 0.25) is 5.15 Å². The Hall–Kier alpha value is -3.74. The van der Waals surface area contributed by atoms with Crippen LogP contribution in [0.25, 0.3) is 0 Å². The summed E-state index contributed by atoms with van der Waals surface area (Å²) in [6.07, 6.45) is 24.4. The van der Waals surface area contributed by atoms with Gasteiger partial charge in [-0.2, -0.15) is 0 Å². The third kappa shape index (κ3) is 31.7. The van der Waals surface area contributed by atoms with Crippen LogP contribution in [0.15, 0.2) is 124 Å². The van der Waals surface area contributed by atoms with Crippen LogP contribution >= 0.6 is 43.5 Å². The van der Waals surface area contributed by atoms with E-state index in [1.807, 2.05) is 174 Å². The predicted octanol–water partition coefficient (Wildman–Crippen LogP) is 17.2. The van der Waals surface area contributed by atoms with E-state index in [-0.39, 0.29) is 123 Å². The van der Waals surface area contributed by atoms with Crippen LogP contribution in [-0.2, 0) is 92.8 Å². The Morgan fingerprint density at radius 3 is 1.25 bits per heavy atom. The molecule has 4 aromatic heterocycles. The second kappa shape index (κ2) is 47.4. The Labute approximate surface area is 779 Å². The molecular weight excluding hydrogens is 1760 g/mol. The highest BCUT2D eigenvalue weighted by molar-refractivity contribution is 9.10. The van der Waals surface area contributed by atoms with E-state index in [1.54, 1.807) is 37.2 Å². The van der Waals surface area contributed by atoms with Gasteiger partial charge in [-0.25, -0.2) is 18.7 Å². The molecular formula is C87H141B10Br2ClF2N4O20. The normalized spacial score (nSPS) is 21.8. The minimum Gasteiger partial charge on any atom is -0.407 e. The van der Waals surface area contributed by atoms with E-state index >= 15 is 0 Å². The van der Waals surface area contributed by atoms with Gasteiger partial charge in [0.05, 0.1) is 67.2 Å². The van der Waals surface area contributed by atoms with Gasteiger partial charge in [0.1, 0.15) is 21.4 Å². The molecule has 0 radical (unpaired) electrons. The lowest BCUT2D eigenvalue weighted by atomic mass is 9.75. The van der Waals surface area contributed by atoms with Crippen LogP contribution in [-0.4, -0.2) is 193 Å². The third-order valence-corrected chi connectivity index (χ3v) is 25.8. The number of pyridine rings is 4. The van der Waals surface area contributed by atoms with Gasteiger partial charge in [0, 0.05) is 110 Å². The van der Waals surface area contributed by atoms with Crippen molar-refractivity contribution >= 4 is 143 Å². The van der Waals surface area contributed by atoms with Crippen molar-refractivity contribution in [3.8, 4) is 0 Å². The minimum absolute atomic E-state index is 0. The van der Waals surface area contributed by atoms with E-state index in [0.29, 0.717) is 23.8 Å². The van der Waals surface area contributed by atoms with E-state index in [0.717, 1.165) is 68.2 Å². The monoisotopic (exact) mass is 1900 g/mol. The zero-order valence-electron chi connectivity index (χ0n) is 80.6. The van der Waals surface area contributed by atoms with Crippen molar-refractivity contribution in [3.05, 3.63) is 147 Å². The number of hydrogen-bond acceptors (Lipinski definition) is 24. The molecule has 0 N–H and O–H groups in total. The summed E-state index contributed by atoms with van der Waals surface area (Å²) in [6.45, 7) is 63.0. The van der Waals surface area contributed by atoms with E-state index in [2.05, 4.69) is 140 Å². The van der Waals surface area contributed by atoms with E-state index in [9.17, 15) is 8.78 Å². The lowest BCUT2D eigenvalue weighted by molar-refractivity contribution is 0.00578. The highest BCUT2D eigenvalue weighted by Crippen LogP contribution is 2.43. The first kappa shape index (κ1) is 113. The van der Waals surface area contributed by atoms with Gasteiger partial charge in [-0.05, 0) is 277 Å². The Morgan fingerprint density at radius 2 is 0.857 bits per heavy atom. The first-order valence-corrected chi connectivity index (χ1v) is 45.2. The zero-order chi connectivity index (χ0) is 94.0.